The van der Waals surface area contributed by atoms with Crippen LogP contribution in [0.2, 0.25) is 0 Å². The number of hydrogen-bond acceptors (Lipinski definition) is 4. The van der Waals surface area contributed by atoms with Gasteiger partial charge in [0.05, 0.1) is 13.2 Å². The molecule has 18 heavy (non-hydrogen) atoms. The molecule has 8 nitrogen and oxygen atoms in total. The molecule has 0 aliphatic rings. The number of ether oxygens (including phenoxy) is 1. The van der Waals surface area contributed by atoms with Gasteiger partial charge in [0.2, 0.25) is 5.91 Å². The molecule has 0 aliphatic carbocycles. The maximum Gasteiger partial charge on any atom is 0.322 e. The Balaban J connectivity index is 3.63. The van der Waals surface area contributed by atoms with E-state index in [0.717, 1.165) is 0 Å². The molecule has 1 unspecified atom stereocenters. The number of carboxylic acid groups (broad SMARTS) is 1. The van der Waals surface area contributed by atoms with Crippen LogP contribution in [0.15, 0.2) is 0 Å². The van der Waals surface area contributed by atoms with Gasteiger partial charge in [-0.1, -0.05) is 6.92 Å². The Hall–Kier alpha value is -1.83. The standard InChI is InChI=1S/C10H19N3O5/c1-7(6-18-2)3-12-10(17)13-4-8(14)11-5-9(15)16/h7H,3-6H2,1-2H3,(H,11,14)(H,15,16)(H2,12,13,17). The van der Waals surface area contributed by atoms with Crippen molar-refractivity contribution in [3.8, 4) is 0 Å². The van der Waals surface area contributed by atoms with Crippen LogP contribution in [0.3, 0.4) is 0 Å². The van der Waals surface area contributed by atoms with Crippen LogP contribution in [-0.4, -0.2) is 56.4 Å². The fourth-order valence-electron chi connectivity index (χ4n) is 1.07. The first kappa shape index (κ1) is 16.2. The predicted octanol–water partition coefficient (Wildman–Crippen LogP) is -1.23. The van der Waals surface area contributed by atoms with E-state index in [4.69, 9.17) is 9.84 Å². The Labute approximate surface area is 105 Å². The monoisotopic (exact) mass is 261 g/mol. The highest BCUT2D eigenvalue weighted by Crippen LogP contribution is 1.91. The first-order chi connectivity index (χ1) is 8.45. The molecule has 104 valence electrons. The number of amides is 3. The number of carbonyl (C=O) groups excluding carboxylic acids is 2. The van der Waals surface area contributed by atoms with E-state index in [1.807, 2.05) is 6.92 Å². The van der Waals surface area contributed by atoms with Crippen molar-refractivity contribution in [3.05, 3.63) is 0 Å². The second kappa shape index (κ2) is 9.23. The molecule has 0 fully saturated rings. The second-order valence-electron chi connectivity index (χ2n) is 3.79. The molecule has 0 saturated carbocycles. The average Bonchev–Trinajstić information content (AvgIpc) is 2.31. The van der Waals surface area contributed by atoms with Crippen molar-refractivity contribution in [3.63, 3.8) is 0 Å². The van der Waals surface area contributed by atoms with E-state index in [1.54, 1.807) is 7.11 Å². The summed E-state index contributed by atoms with van der Waals surface area (Å²) in [7, 11) is 1.57. The molecule has 0 spiro atoms. The lowest BCUT2D eigenvalue weighted by Gasteiger charge is -2.12. The Kier molecular flexibility index (Phi) is 8.29. The number of methoxy groups -OCH3 is 1. The van der Waals surface area contributed by atoms with Gasteiger partial charge in [0, 0.05) is 13.7 Å². The largest absolute Gasteiger partial charge is 0.480 e. The molecular weight excluding hydrogens is 242 g/mol. The summed E-state index contributed by atoms with van der Waals surface area (Å²) in [6.45, 7) is 2.13. The van der Waals surface area contributed by atoms with Gasteiger partial charge in [-0.2, -0.15) is 0 Å². The summed E-state index contributed by atoms with van der Waals surface area (Å²) in [4.78, 5) is 32.4. The summed E-state index contributed by atoms with van der Waals surface area (Å²) in [6, 6.07) is -0.483. The minimum atomic E-state index is -1.14. The summed E-state index contributed by atoms with van der Waals surface area (Å²) < 4.78 is 4.90. The lowest BCUT2D eigenvalue weighted by molar-refractivity contribution is -0.137. The normalized spacial score (nSPS) is 11.4. The lowest BCUT2D eigenvalue weighted by Crippen LogP contribution is -2.44. The van der Waals surface area contributed by atoms with Crippen LogP contribution >= 0.6 is 0 Å². The van der Waals surface area contributed by atoms with Crippen LogP contribution in [0.4, 0.5) is 4.79 Å². The Morgan fingerprint density at radius 1 is 1.17 bits per heavy atom. The van der Waals surface area contributed by atoms with E-state index in [9.17, 15) is 14.4 Å². The van der Waals surface area contributed by atoms with Gasteiger partial charge in [0.1, 0.15) is 6.54 Å². The molecule has 0 aromatic carbocycles. The molecule has 0 radical (unpaired) electrons. The predicted molar refractivity (Wildman–Crippen MR) is 63.1 cm³/mol. The van der Waals surface area contributed by atoms with Crippen molar-refractivity contribution in [2.24, 2.45) is 5.92 Å². The molecule has 3 amide bonds. The quantitative estimate of drug-likeness (QED) is 0.436. The second-order valence-corrected chi connectivity index (χ2v) is 3.79. The van der Waals surface area contributed by atoms with Gasteiger partial charge in [-0.3, -0.25) is 9.59 Å². The van der Waals surface area contributed by atoms with E-state index >= 15 is 0 Å². The third kappa shape index (κ3) is 9.40. The van der Waals surface area contributed by atoms with Crippen LogP contribution in [0.5, 0.6) is 0 Å². The molecule has 1 atom stereocenters. The molecule has 0 aromatic rings. The molecule has 0 aliphatic heterocycles. The van der Waals surface area contributed by atoms with Crippen molar-refractivity contribution < 1.29 is 24.2 Å². The number of carbonyl (C=O) groups is 3. The number of nitrogens with one attached hydrogen (secondary N) is 3. The maximum atomic E-state index is 11.2. The maximum absolute atomic E-state index is 11.2. The van der Waals surface area contributed by atoms with E-state index in [0.29, 0.717) is 13.2 Å². The summed E-state index contributed by atoms with van der Waals surface area (Å²) in [5.41, 5.74) is 0. The summed E-state index contributed by atoms with van der Waals surface area (Å²) >= 11 is 0. The molecule has 8 heteroatoms. The molecule has 0 bridgehead atoms. The number of carboxylic acids is 1. The third-order valence-corrected chi connectivity index (χ3v) is 1.91. The van der Waals surface area contributed by atoms with Crippen LogP contribution in [0.1, 0.15) is 6.92 Å². The lowest BCUT2D eigenvalue weighted by atomic mass is 10.2. The van der Waals surface area contributed by atoms with Gasteiger partial charge in [0.25, 0.3) is 0 Å². The van der Waals surface area contributed by atoms with Gasteiger partial charge in [-0.25, -0.2) is 4.79 Å². The minimum absolute atomic E-state index is 0.168. The first-order valence-corrected chi connectivity index (χ1v) is 5.44. The summed E-state index contributed by atoms with van der Waals surface area (Å²) in [5, 5.41) is 15.3. The van der Waals surface area contributed by atoms with Gasteiger partial charge in [-0.05, 0) is 5.92 Å². The van der Waals surface area contributed by atoms with E-state index in [1.165, 1.54) is 0 Å². The van der Waals surface area contributed by atoms with Crippen molar-refractivity contribution in [2.45, 2.75) is 6.92 Å². The number of urea groups is 1. The molecule has 0 heterocycles. The zero-order valence-corrected chi connectivity index (χ0v) is 10.5. The molecule has 0 rings (SSSR count). The van der Waals surface area contributed by atoms with Gasteiger partial charge in [0.15, 0.2) is 0 Å². The number of hydrogen-bond donors (Lipinski definition) is 4. The van der Waals surface area contributed by atoms with Crippen molar-refractivity contribution in [2.75, 3.05) is 33.4 Å². The van der Waals surface area contributed by atoms with Crippen molar-refractivity contribution >= 4 is 17.9 Å². The van der Waals surface area contributed by atoms with Crippen LogP contribution in [0, 0.1) is 5.92 Å². The highest BCUT2D eigenvalue weighted by molar-refractivity contribution is 5.86. The van der Waals surface area contributed by atoms with Crippen molar-refractivity contribution in [1.29, 1.82) is 0 Å². The van der Waals surface area contributed by atoms with Gasteiger partial charge < -0.3 is 25.8 Å². The number of rotatable bonds is 8. The number of aliphatic carboxylic acids is 1. The average molecular weight is 261 g/mol. The SMILES string of the molecule is COCC(C)CNC(=O)NCC(=O)NCC(=O)O. The van der Waals surface area contributed by atoms with E-state index in [2.05, 4.69) is 16.0 Å². The van der Waals surface area contributed by atoms with Gasteiger partial charge >= 0.3 is 12.0 Å². The van der Waals surface area contributed by atoms with Gasteiger partial charge in [-0.15, -0.1) is 0 Å². The fraction of sp³-hybridized carbons (Fsp3) is 0.700. The molecule has 0 aromatic heterocycles. The first-order valence-electron chi connectivity index (χ1n) is 5.44. The highest BCUT2D eigenvalue weighted by atomic mass is 16.5. The summed E-state index contributed by atoms with van der Waals surface area (Å²) in [6.07, 6.45) is 0. The molecular formula is C10H19N3O5. The fourth-order valence-corrected chi connectivity index (χ4v) is 1.07. The third-order valence-electron chi connectivity index (χ3n) is 1.91. The van der Waals surface area contributed by atoms with Crippen LogP contribution in [-0.2, 0) is 14.3 Å². The molecule has 4 N–H and O–H groups in total. The van der Waals surface area contributed by atoms with E-state index < -0.39 is 24.5 Å². The topological polar surface area (TPSA) is 117 Å². The Morgan fingerprint density at radius 2 is 1.83 bits per heavy atom. The Morgan fingerprint density at radius 3 is 2.39 bits per heavy atom. The zero-order valence-electron chi connectivity index (χ0n) is 10.5. The highest BCUT2D eigenvalue weighted by Gasteiger charge is 2.07. The van der Waals surface area contributed by atoms with Crippen LogP contribution in [0.25, 0.3) is 0 Å². The van der Waals surface area contributed by atoms with E-state index in [-0.39, 0.29) is 12.5 Å². The van der Waals surface area contributed by atoms with Crippen molar-refractivity contribution in [1.82, 2.24) is 16.0 Å². The zero-order chi connectivity index (χ0) is 14.0. The summed E-state index contributed by atoms with van der Waals surface area (Å²) in [5.74, 6) is -1.53. The minimum Gasteiger partial charge on any atom is -0.480 e. The van der Waals surface area contributed by atoms with Crippen LogP contribution < -0.4 is 16.0 Å². The smallest absolute Gasteiger partial charge is 0.322 e. The molecule has 0 saturated heterocycles. The Bertz CT molecular complexity index is 295.